The Morgan fingerprint density at radius 2 is 1.26 bits per heavy atom. The van der Waals surface area contributed by atoms with Gasteiger partial charge < -0.3 is 9.80 Å². The highest BCUT2D eigenvalue weighted by molar-refractivity contribution is 7.12. The minimum Gasteiger partial charge on any atom is -0.336 e. The summed E-state index contributed by atoms with van der Waals surface area (Å²) in [7, 11) is 0. The van der Waals surface area contributed by atoms with E-state index in [2.05, 4.69) is 0 Å². The summed E-state index contributed by atoms with van der Waals surface area (Å²) in [5.74, 6) is 0.193. The molecule has 0 bridgehead atoms. The molecule has 0 radical (unpaired) electrons. The van der Waals surface area contributed by atoms with E-state index in [-0.39, 0.29) is 11.8 Å². The van der Waals surface area contributed by atoms with Gasteiger partial charge in [0, 0.05) is 26.2 Å². The largest absolute Gasteiger partial charge is 0.336 e. The zero-order valence-electron chi connectivity index (χ0n) is 13.4. The van der Waals surface area contributed by atoms with Gasteiger partial charge in [-0.2, -0.15) is 0 Å². The lowest BCUT2D eigenvalue weighted by atomic mass is 10.2. The summed E-state index contributed by atoms with van der Waals surface area (Å²) in [5.41, 5.74) is 2.07. The molecule has 2 aromatic heterocycles. The second-order valence-corrected chi connectivity index (χ2v) is 7.64. The van der Waals surface area contributed by atoms with Gasteiger partial charge in [0.1, 0.15) is 0 Å². The highest BCUT2D eigenvalue weighted by atomic mass is 32.1. The molecular formula is C17H20N2O2S2. The summed E-state index contributed by atoms with van der Waals surface area (Å²) in [4.78, 5) is 30.7. The van der Waals surface area contributed by atoms with Gasteiger partial charge in [-0.15, -0.1) is 22.7 Å². The quantitative estimate of drug-likeness (QED) is 0.834. The molecule has 1 aliphatic heterocycles. The normalized spacial score (nSPS) is 15.6. The molecule has 4 nitrogen and oxygen atoms in total. The first kappa shape index (κ1) is 16.2. The van der Waals surface area contributed by atoms with Gasteiger partial charge in [0.15, 0.2) is 0 Å². The van der Waals surface area contributed by atoms with Crippen LogP contribution in [0.4, 0.5) is 0 Å². The maximum absolute atomic E-state index is 12.6. The fraction of sp³-hybridized carbons (Fsp3) is 0.412. The Morgan fingerprint density at radius 1 is 0.826 bits per heavy atom. The lowest BCUT2D eigenvalue weighted by Crippen LogP contribution is -2.37. The molecule has 0 saturated carbocycles. The first-order chi connectivity index (χ1) is 11.1. The average Bonchev–Trinajstić information content (AvgIpc) is 3.07. The fourth-order valence-corrected chi connectivity index (χ4v) is 4.58. The standard InChI is InChI=1S/C17H20N2O2S2/c1-12-4-10-22-14(12)16(20)18-6-3-7-19(9-8-18)17(21)15-13(2)5-11-23-15/h4-5,10-11H,3,6-9H2,1-2H3. The number of carbonyl (C=O) groups excluding carboxylic acids is 2. The van der Waals surface area contributed by atoms with Crippen LogP contribution >= 0.6 is 22.7 Å². The number of rotatable bonds is 2. The van der Waals surface area contributed by atoms with E-state index < -0.39 is 0 Å². The van der Waals surface area contributed by atoms with E-state index in [4.69, 9.17) is 0 Å². The Bertz CT molecular complexity index is 660. The van der Waals surface area contributed by atoms with Gasteiger partial charge in [0.2, 0.25) is 0 Å². The predicted octanol–water partition coefficient (Wildman–Crippen LogP) is 3.41. The van der Waals surface area contributed by atoms with Gasteiger partial charge in [0.25, 0.3) is 11.8 Å². The monoisotopic (exact) mass is 348 g/mol. The summed E-state index contributed by atoms with van der Waals surface area (Å²) < 4.78 is 0. The highest BCUT2D eigenvalue weighted by Gasteiger charge is 2.25. The summed E-state index contributed by atoms with van der Waals surface area (Å²) in [6, 6.07) is 3.95. The van der Waals surface area contributed by atoms with E-state index >= 15 is 0 Å². The molecule has 3 rings (SSSR count). The number of thiophene rings is 2. The molecule has 23 heavy (non-hydrogen) atoms. The van der Waals surface area contributed by atoms with Crippen molar-refractivity contribution in [3.8, 4) is 0 Å². The van der Waals surface area contributed by atoms with Crippen LogP contribution in [0.2, 0.25) is 0 Å². The zero-order chi connectivity index (χ0) is 16.4. The predicted molar refractivity (Wildman–Crippen MR) is 94.5 cm³/mol. The van der Waals surface area contributed by atoms with Gasteiger partial charge in [-0.3, -0.25) is 9.59 Å². The highest BCUT2D eigenvalue weighted by Crippen LogP contribution is 2.21. The molecule has 1 fully saturated rings. The van der Waals surface area contributed by atoms with Gasteiger partial charge in [0.05, 0.1) is 9.75 Å². The van der Waals surface area contributed by atoms with E-state index in [0.29, 0.717) is 26.2 Å². The molecule has 1 saturated heterocycles. The Labute approximate surface area is 144 Å². The zero-order valence-corrected chi connectivity index (χ0v) is 15.0. The number of carbonyl (C=O) groups is 2. The fourth-order valence-electron chi connectivity index (χ4n) is 2.79. The van der Waals surface area contributed by atoms with E-state index in [9.17, 15) is 9.59 Å². The van der Waals surface area contributed by atoms with Crippen LogP contribution in [0.15, 0.2) is 22.9 Å². The topological polar surface area (TPSA) is 40.6 Å². The molecule has 0 atom stereocenters. The summed E-state index contributed by atoms with van der Waals surface area (Å²) in [5, 5.41) is 3.91. The Hall–Kier alpha value is -1.66. The van der Waals surface area contributed by atoms with Crippen LogP contribution in [-0.4, -0.2) is 47.8 Å². The van der Waals surface area contributed by atoms with Crippen molar-refractivity contribution >= 4 is 34.5 Å². The van der Waals surface area contributed by atoms with Crippen molar-refractivity contribution in [2.75, 3.05) is 26.2 Å². The second-order valence-electron chi connectivity index (χ2n) is 5.80. The molecule has 0 unspecified atom stereocenters. The SMILES string of the molecule is Cc1ccsc1C(=O)N1CCCN(C(=O)c2sccc2C)CC1. The third kappa shape index (κ3) is 3.33. The second kappa shape index (κ2) is 6.84. The van der Waals surface area contributed by atoms with E-state index in [0.717, 1.165) is 27.3 Å². The number of amides is 2. The van der Waals surface area contributed by atoms with Crippen LogP contribution in [0, 0.1) is 13.8 Å². The van der Waals surface area contributed by atoms with Crippen LogP contribution in [0.1, 0.15) is 36.9 Å². The average molecular weight is 348 g/mol. The Morgan fingerprint density at radius 3 is 1.61 bits per heavy atom. The van der Waals surface area contributed by atoms with Crippen molar-refractivity contribution in [2.45, 2.75) is 20.3 Å². The molecule has 2 aromatic rings. The molecule has 3 heterocycles. The van der Waals surface area contributed by atoms with Crippen LogP contribution in [0.5, 0.6) is 0 Å². The molecule has 0 spiro atoms. The number of aryl methyl sites for hydroxylation is 2. The van der Waals surface area contributed by atoms with Gasteiger partial charge in [-0.1, -0.05) is 0 Å². The van der Waals surface area contributed by atoms with Crippen molar-refractivity contribution in [1.82, 2.24) is 9.80 Å². The third-order valence-electron chi connectivity index (χ3n) is 4.18. The molecule has 0 aliphatic carbocycles. The first-order valence-corrected chi connectivity index (χ1v) is 9.50. The van der Waals surface area contributed by atoms with E-state index in [1.807, 2.05) is 46.5 Å². The summed E-state index contributed by atoms with van der Waals surface area (Å²) in [6.07, 6.45) is 0.826. The molecule has 2 amide bonds. The van der Waals surface area contributed by atoms with Gasteiger partial charge in [-0.25, -0.2) is 0 Å². The smallest absolute Gasteiger partial charge is 0.264 e. The van der Waals surface area contributed by atoms with Crippen LogP contribution in [-0.2, 0) is 0 Å². The Kier molecular flexibility index (Phi) is 4.82. The van der Waals surface area contributed by atoms with E-state index in [1.54, 1.807) is 0 Å². The van der Waals surface area contributed by atoms with Crippen LogP contribution in [0.3, 0.4) is 0 Å². The summed E-state index contributed by atoms with van der Waals surface area (Å²) in [6.45, 7) is 6.57. The lowest BCUT2D eigenvalue weighted by molar-refractivity contribution is 0.0723. The maximum atomic E-state index is 12.6. The number of hydrogen-bond donors (Lipinski definition) is 0. The molecular weight excluding hydrogens is 328 g/mol. The Balaban J connectivity index is 1.68. The molecule has 6 heteroatoms. The van der Waals surface area contributed by atoms with Crippen molar-refractivity contribution in [3.05, 3.63) is 43.8 Å². The van der Waals surface area contributed by atoms with E-state index in [1.165, 1.54) is 22.7 Å². The first-order valence-electron chi connectivity index (χ1n) is 7.74. The van der Waals surface area contributed by atoms with Crippen LogP contribution in [0.25, 0.3) is 0 Å². The third-order valence-corrected chi connectivity index (χ3v) is 6.19. The number of hydrogen-bond acceptors (Lipinski definition) is 4. The van der Waals surface area contributed by atoms with Gasteiger partial charge in [-0.05, 0) is 54.3 Å². The molecule has 0 aromatic carbocycles. The van der Waals surface area contributed by atoms with Crippen molar-refractivity contribution in [3.63, 3.8) is 0 Å². The molecule has 1 aliphatic rings. The van der Waals surface area contributed by atoms with Crippen LogP contribution < -0.4 is 0 Å². The van der Waals surface area contributed by atoms with Gasteiger partial charge >= 0.3 is 0 Å². The van der Waals surface area contributed by atoms with Crippen molar-refractivity contribution in [1.29, 1.82) is 0 Å². The number of nitrogens with zero attached hydrogens (tertiary/aromatic N) is 2. The minimum atomic E-state index is 0.0964. The summed E-state index contributed by atoms with van der Waals surface area (Å²) >= 11 is 2.99. The lowest BCUT2D eigenvalue weighted by Gasteiger charge is -2.22. The molecule has 122 valence electrons. The van der Waals surface area contributed by atoms with Crippen molar-refractivity contribution < 1.29 is 9.59 Å². The maximum Gasteiger partial charge on any atom is 0.264 e. The minimum absolute atomic E-state index is 0.0964. The molecule has 0 N–H and O–H groups in total. The van der Waals surface area contributed by atoms with Crippen molar-refractivity contribution in [2.24, 2.45) is 0 Å².